The molecule has 0 saturated carbocycles. The van der Waals surface area contributed by atoms with Crippen LogP contribution in [0.3, 0.4) is 0 Å². The molecule has 0 aliphatic heterocycles. The molecule has 5 heteroatoms. The van der Waals surface area contributed by atoms with Crippen molar-refractivity contribution in [1.29, 1.82) is 0 Å². The maximum Gasteiger partial charge on any atom is 0.338 e. The highest BCUT2D eigenvalue weighted by atomic mass is 35.5. The first-order valence-corrected chi connectivity index (χ1v) is 4.67. The summed E-state index contributed by atoms with van der Waals surface area (Å²) in [6.07, 6.45) is 0. The van der Waals surface area contributed by atoms with Gasteiger partial charge in [-0.25, -0.2) is 9.18 Å². The molecule has 0 N–H and O–H groups in total. The zero-order chi connectivity index (χ0) is 11.3. The molecule has 1 rings (SSSR count). The van der Waals surface area contributed by atoms with Crippen molar-refractivity contribution in [2.24, 2.45) is 0 Å². The highest BCUT2D eigenvalue weighted by Gasteiger charge is 2.06. The first kappa shape index (κ1) is 14.9. The minimum Gasteiger partial charge on any atom is -0.461 e. The standard InChI is InChI=1S/C11H14FNO2.ClH/c1-13(2)7-8-15-11(14)9-3-5-10(12)6-4-9;/h3-6H,7-8H2,1-2H3;1H. The van der Waals surface area contributed by atoms with Crippen molar-refractivity contribution in [3.05, 3.63) is 35.6 Å². The molecule has 3 nitrogen and oxygen atoms in total. The molecule has 90 valence electrons. The SMILES string of the molecule is CN(C)CCOC(=O)c1ccc(F)cc1.Cl. The van der Waals surface area contributed by atoms with Gasteiger partial charge >= 0.3 is 5.97 Å². The molecule has 0 bridgehead atoms. The molecule has 0 aromatic heterocycles. The van der Waals surface area contributed by atoms with Crippen LogP contribution in [0.1, 0.15) is 10.4 Å². The van der Waals surface area contributed by atoms with Gasteiger partial charge in [-0.05, 0) is 38.4 Å². The number of benzene rings is 1. The lowest BCUT2D eigenvalue weighted by molar-refractivity contribution is 0.0482. The number of carbonyl (C=O) groups is 1. The molecule has 0 spiro atoms. The van der Waals surface area contributed by atoms with Gasteiger partial charge in [-0.2, -0.15) is 0 Å². The number of halogens is 2. The first-order chi connectivity index (χ1) is 7.09. The fourth-order valence-corrected chi connectivity index (χ4v) is 0.990. The number of esters is 1. The van der Waals surface area contributed by atoms with Crippen LogP contribution in [-0.4, -0.2) is 38.1 Å². The molecule has 0 radical (unpaired) electrons. The van der Waals surface area contributed by atoms with Crippen molar-refractivity contribution in [3.8, 4) is 0 Å². The Bertz CT molecular complexity index is 327. The number of nitrogens with zero attached hydrogens (tertiary/aromatic N) is 1. The van der Waals surface area contributed by atoms with E-state index in [1.807, 2.05) is 19.0 Å². The summed E-state index contributed by atoms with van der Waals surface area (Å²) in [5.41, 5.74) is 0.371. The van der Waals surface area contributed by atoms with E-state index >= 15 is 0 Å². The number of ether oxygens (including phenoxy) is 1. The summed E-state index contributed by atoms with van der Waals surface area (Å²) in [6, 6.07) is 5.30. The summed E-state index contributed by atoms with van der Waals surface area (Å²) >= 11 is 0. The van der Waals surface area contributed by atoms with Gasteiger partial charge in [-0.1, -0.05) is 0 Å². The van der Waals surface area contributed by atoms with Crippen LogP contribution in [0, 0.1) is 5.82 Å². The first-order valence-electron chi connectivity index (χ1n) is 4.67. The molecular weight excluding hydrogens is 233 g/mol. The predicted molar refractivity (Wildman–Crippen MR) is 62.5 cm³/mol. The molecule has 0 atom stereocenters. The lowest BCUT2D eigenvalue weighted by Gasteiger charge is -2.09. The van der Waals surface area contributed by atoms with E-state index in [0.29, 0.717) is 18.7 Å². The van der Waals surface area contributed by atoms with Crippen LogP contribution in [-0.2, 0) is 4.74 Å². The van der Waals surface area contributed by atoms with E-state index < -0.39 is 5.97 Å². The third kappa shape index (κ3) is 5.09. The number of hydrogen-bond acceptors (Lipinski definition) is 3. The summed E-state index contributed by atoms with van der Waals surface area (Å²) < 4.78 is 17.5. The average Bonchev–Trinajstić information content (AvgIpc) is 2.18. The smallest absolute Gasteiger partial charge is 0.338 e. The highest BCUT2D eigenvalue weighted by Crippen LogP contribution is 2.04. The molecule has 0 fully saturated rings. The second kappa shape index (κ2) is 7.19. The molecule has 0 unspecified atom stereocenters. The van der Waals surface area contributed by atoms with E-state index in [2.05, 4.69) is 0 Å². The van der Waals surface area contributed by atoms with E-state index in [1.165, 1.54) is 24.3 Å². The second-order valence-corrected chi connectivity index (χ2v) is 3.45. The number of carbonyl (C=O) groups excluding carboxylic acids is 1. The van der Waals surface area contributed by atoms with Crippen molar-refractivity contribution in [1.82, 2.24) is 4.90 Å². The van der Waals surface area contributed by atoms with Crippen LogP contribution in [0.15, 0.2) is 24.3 Å². The van der Waals surface area contributed by atoms with E-state index in [-0.39, 0.29) is 18.2 Å². The zero-order valence-corrected chi connectivity index (χ0v) is 10.1. The van der Waals surface area contributed by atoms with Crippen LogP contribution < -0.4 is 0 Å². The molecule has 1 aromatic rings. The van der Waals surface area contributed by atoms with E-state index in [9.17, 15) is 9.18 Å². The zero-order valence-electron chi connectivity index (χ0n) is 9.27. The fraction of sp³-hybridized carbons (Fsp3) is 0.364. The molecule has 0 saturated heterocycles. The maximum atomic E-state index is 12.5. The van der Waals surface area contributed by atoms with Crippen molar-refractivity contribution in [2.75, 3.05) is 27.2 Å². The third-order valence-corrected chi connectivity index (χ3v) is 1.85. The third-order valence-electron chi connectivity index (χ3n) is 1.85. The van der Waals surface area contributed by atoms with Gasteiger partial charge in [0.05, 0.1) is 5.56 Å². The molecular formula is C11H15ClFNO2. The van der Waals surface area contributed by atoms with Crippen molar-refractivity contribution >= 4 is 18.4 Å². The molecule has 16 heavy (non-hydrogen) atoms. The van der Waals surface area contributed by atoms with Crippen molar-refractivity contribution in [2.45, 2.75) is 0 Å². The Morgan fingerprint density at radius 1 is 1.31 bits per heavy atom. The van der Waals surface area contributed by atoms with Gasteiger partial charge < -0.3 is 9.64 Å². The van der Waals surface area contributed by atoms with Gasteiger partial charge in [-0.15, -0.1) is 12.4 Å². The minimum atomic E-state index is -0.420. The normalized spacial score (nSPS) is 9.75. The molecule has 1 aromatic carbocycles. The molecule has 0 aliphatic rings. The summed E-state index contributed by atoms with van der Waals surface area (Å²) in [6.45, 7) is 1.01. The molecule has 0 heterocycles. The van der Waals surface area contributed by atoms with Gasteiger partial charge in [0.2, 0.25) is 0 Å². The Morgan fingerprint density at radius 2 is 1.88 bits per heavy atom. The van der Waals surface area contributed by atoms with Gasteiger partial charge in [0.15, 0.2) is 0 Å². The van der Waals surface area contributed by atoms with Crippen LogP contribution in [0.5, 0.6) is 0 Å². The second-order valence-electron chi connectivity index (χ2n) is 3.45. The number of rotatable bonds is 4. The van der Waals surface area contributed by atoms with Crippen LogP contribution in [0.4, 0.5) is 4.39 Å². The van der Waals surface area contributed by atoms with E-state index in [1.54, 1.807) is 0 Å². The summed E-state index contributed by atoms with van der Waals surface area (Å²) in [5, 5.41) is 0. The predicted octanol–water partition coefficient (Wildman–Crippen LogP) is 1.97. The van der Waals surface area contributed by atoms with E-state index in [4.69, 9.17) is 4.74 Å². The van der Waals surface area contributed by atoms with Crippen LogP contribution >= 0.6 is 12.4 Å². The summed E-state index contributed by atoms with van der Waals surface area (Å²) in [7, 11) is 3.79. The topological polar surface area (TPSA) is 29.5 Å². The van der Waals surface area contributed by atoms with Gasteiger partial charge in [0.25, 0.3) is 0 Å². The quantitative estimate of drug-likeness (QED) is 0.762. The molecule has 0 amide bonds. The van der Waals surface area contributed by atoms with Gasteiger partial charge in [0, 0.05) is 6.54 Å². The van der Waals surface area contributed by atoms with Crippen LogP contribution in [0.2, 0.25) is 0 Å². The largest absolute Gasteiger partial charge is 0.461 e. The highest BCUT2D eigenvalue weighted by molar-refractivity contribution is 5.89. The minimum absolute atomic E-state index is 0. The van der Waals surface area contributed by atoms with Crippen LogP contribution in [0.25, 0.3) is 0 Å². The Balaban J connectivity index is 0.00000225. The Morgan fingerprint density at radius 3 is 2.38 bits per heavy atom. The fourth-order valence-electron chi connectivity index (χ4n) is 0.990. The average molecular weight is 248 g/mol. The van der Waals surface area contributed by atoms with Gasteiger partial charge in [-0.3, -0.25) is 0 Å². The number of likely N-dealkylation sites (N-methyl/N-ethyl adjacent to an activating group) is 1. The summed E-state index contributed by atoms with van der Waals surface area (Å²) in [5.74, 6) is -0.781. The monoisotopic (exact) mass is 247 g/mol. The van der Waals surface area contributed by atoms with Crippen molar-refractivity contribution < 1.29 is 13.9 Å². The Hall–Kier alpha value is -1.13. The summed E-state index contributed by atoms with van der Waals surface area (Å²) in [4.78, 5) is 13.3. The van der Waals surface area contributed by atoms with E-state index in [0.717, 1.165) is 0 Å². The number of hydrogen-bond donors (Lipinski definition) is 0. The Labute approximate surface area is 101 Å². The van der Waals surface area contributed by atoms with Crippen molar-refractivity contribution in [3.63, 3.8) is 0 Å². The van der Waals surface area contributed by atoms with Gasteiger partial charge in [0.1, 0.15) is 12.4 Å². The lowest BCUT2D eigenvalue weighted by atomic mass is 10.2. The lowest BCUT2D eigenvalue weighted by Crippen LogP contribution is -2.20. The maximum absolute atomic E-state index is 12.5. The Kier molecular flexibility index (Phi) is 6.69. The molecule has 0 aliphatic carbocycles.